The number of hydrogen-bond acceptors (Lipinski definition) is 6. The number of methoxy groups -OCH3 is 3. The van der Waals surface area contributed by atoms with Gasteiger partial charge in [-0.15, -0.1) is 0 Å². The number of furan rings is 1. The maximum Gasteiger partial charge on any atom is 0.243 e. The van der Waals surface area contributed by atoms with Crippen molar-refractivity contribution in [2.75, 3.05) is 21.3 Å². The van der Waals surface area contributed by atoms with Gasteiger partial charge in [-0.2, -0.15) is 0 Å². The van der Waals surface area contributed by atoms with Gasteiger partial charge in [0.15, 0.2) is 11.5 Å². The molecule has 0 saturated heterocycles. The minimum absolute atomic E-state index is 0.419. The smallest absolute Gasteiger partial charge is 0.243 e. The molecule has 1 aromatic heterocycles. The van der Waals surface area contributed by atoms with E-state index in [1.54, 1.807) is 28.3 Å². The van der Waals surface area contributed by atoms with Crippen LogP contribution in [0.1, 0.15) is 25.5 Å². The first-order chi connectivity index (χ1) is 13.4. The normalized spacial score (nSPS) is 11.9. The van der Waals surface area contributed by atoms with E-state index >= 15 is 0 Å². The fourth-order valence-electron chi connectivity index (χ4n) is 3.10. The third-order valence-corrected chi connectivity index (χ3v) is 4.66. The number of ether oxygens (including phenoxy) is 3. The average Bonchev–Trinajstić information content (AvgIpc) is 3.14. The van der Waals surface area contributed by atoms with Crippen molar-refractivity contribution in [2.45, 2.75) is 19.9 Å². The van der Waals surface area contributed by atoms with Crippen LogP contribution in [-0.4, -0.2) is 37.5 Å². The van der Waals surface area contributed by atoms with E-state index in [4.69, 9.17) is 18.6 Å². The summed E-state index contributed by atoms with van der Waals surface area (Å²) in [7, 11) is 4.67. The second-order valence-electron chi connectivity index (χ2n) is 6.36. The maximum atomic E-state index is 11.4. The number of benzene rings is 2. The molecule has 0 aliphatic carbocycles. The van der Waals surface area contributed by atoms with Gasteiger partial charge in [-0.05, 0) is 42.8 Å². The first-order valence-electron chi connectivity index (χ1n) is 8.72. The molecule has 7 heteroatoms. The lowest BCUT2D eigenvalue weighted by Gasteiger charge is -2.21. The van der Waals surface area contributed by atoms with Crippen LogP contribution in [0, 0.1) is 0 Å². The first kappa shape index (κ1) is 19.6. The minimum Gasteiger partial charge on any atom is -0.493 e. The van der Waals surface area contributed by atoms with E-state index in [0.29, 0.717) is 33.7 Å². The van der Waals surface area contributed by atoms with E-state index in [1.807, 2.05) is 36.4 Å². The third-order valence-electron chi connectivity index (χ3n) is 4.66. The highest BCUT2D eigenvalue weighted by molar-refractivity contribution is 5.84. The number of amides is 1. The number of nitrogens with zero attached hydrogens (tertiary/aromatic N) is 1. The molecule has 0 bridgehead atoms. The van der Waals surface area contributed by atoms with E-state index in [0.717, 1.165) is 16.5 Å². The molecule has 28 heavy (non-hydrogen) atoms. The maximum absolute atomic E-state index is 11.4. The Labute approximate surface area is 163 Å². The standard InChI is InChI=1S/C21H23NO6/c1-12(22(24)13(2)23)14-6-7-17-15(8-14)9-18(28-17)16-10-19(25-3)21(27-5)20(11-16)26-4/h6-12,24H,1-5H3. The fraction of sp³-hybridized carbons (Fsp3) is 0.286. The Hall–Kier alpha value is -3.19. The Bertz CT molecular complexity index is 984. The molecule has 0 aliphatic rings. The lowest BCUT2D eigenvalue weighted by molar-refractivity contribution is -0.172. The summed E-state index contributed by atoms with van der Waals surface area (Å²) >= 11 is 0. The summed E-state index contributed by atoms with van der Waals surface area (Å²) in [5.41, 5.74) is 2.25. The highest BCUT2D eigenvalue weighted by atomic mass is 16.5. The monoisotopic (exact) mass is 385 g/mol. The summed E-state index contributed by atoms with van der Waals surface area (Å²) in [6, 6.07) is 10.6. The van der Waals surface area contributed by atoms with Crippen molar-refractivity contribution < 1.29 is 28.6 Å². The number of hydroxylamine groups is 2. The zero-order valence-electron chi connectivity index (χ0n) is 16.5. The topological polar surface area (TPSA) is 81.4 Å². The molecule has 7 nitrogen and oxygen atoms in total. The van der Waals surface area contributed by atoms with E-state index in [-0.39, 0.29) is 0 Å². The summed E-state index contributed by atoms with van der Waals surface area (Å²) < 4.78 is 22.1. The Morgan fingerprint density at radius 3 is 2.21 bits per heavy atom. The molecule has 0 spiro atoms. The quantitative estimate of drug-likeness (QED) is 0.500. The van der Waals surface area contributed by atoms with Crippen LogP contribution in [0.25, 0.3) is 22.3 Å². The van der Waals surface area contributed by atoms with Crippen LogP contribution < -0.4 is 14.2 Å². The largest absolute Gasteiger partial charge is 0.493 e. The number of rotatable bonds is 6. The molecule has 3 rings (SSSR count). The SMILES string of the molecule is COc1cc(-c2cc3cc(C(C)N(O)C(C)=O)ccc3o2)cc(OC)c1OC. The lowest BCUT2D eigenvalue weighted by Crippen LogP contribution is -2.27. The minimum atomic E-state index is -0.471. The molecule has 1 heterocycles. The zero-order chi connectivity index (χ0) is 20.4. The van der Waals surface area contributed by atoms with E-state index < -0.39 is 11.9 Å². The first-order valence-corrected chi connectivity index (χ1v) is 8.72. The fourth-order valence-corrected chi connectivity index (χ4v) is 3.10. The van der Waals surface area contributed by atoms with Crippen LogP contribution in [0.2, 0.25) is 0 Å². The molecule has 0 fully saturated rings. The van der Waals surface area contributed by atoms with Crippen LogP contribution in [0.5, 0.6) is 17.2 Å². The van der Waals surface area contributed by atoms with Crippen molar-refractivity contribution in [1.82, 2.24) is 5.06 Å². The zero-order valence-corrected chi connectivity index (χ0v) is 16.5. The van der Waals surface area contributed by atoms with Gasteiger partial charge in [0.1, 0.15) is 11.3 Å². The van der Waals surface area contributed by atoms with Gasteiger partial charge in [-0.25, -0.2) is 5.06 Å². The van der Waals surface area contributed by atoms with Crippen molar-refractivity contribution >= 4 is 16.9 Å². The second-order valence-corrected chi connectivity index (χ2v) is 6.36. The van der Waals surface area contributed by atoms with Gasteiger partial charge in [-0.1, -0.05) is 6.07 Å². The summed E-state index contributed by atoms with van der Waals surface area (Å²) in [5, 5.41) is 11.5. The van der Waals surface area contributed by atoms with Gasteiger partial charge in [-0.3, -0.25) is 10.0 Å². The van der Waals surface area contributed by atoms with Crippen LogP contribution >= 0.6 is 0 Å². The van der Waals surface area contributed by atoms with Crippen LogP contribution in [-0.2, 0) is 4.79 Å². The van der Waals surface area contributed by atoms with Gasteiger partial charge in [0.25, 0.3) is 0 Å². The number of carbonyl (C=O) groups is 1. The number of hydrogen-bond donors (Lipinski definition) is 1. The molecule has 1 amide bonds. The Kier molecular flexibility index (Phi) is 5.46. The molecule has 148 valence electrons. The predicted molar refractivity (Wildman–Crippen MR) is 104 cm³/mol. The van der Waals surface area contributed by atoms with E-state index in [1.165, 1.54) is 6.92 Å². The van der Waals surface area contributed by atoms with Crippen LogP contribution in [0.3, 0.4) is 0 Å². The van der Waals surface area contributed by atoms with Crippen molar-refractivity contribution in [1.29, 1.82) is 0 Å². The van der Waals surface area contributed by atoms with Crippen molar-refractivity contribution in [3.05, 3.63) is 42.0 Å². The van der Waals surface area contributed by atoms with Gasteiger partial charge >= 0.3 is 0 Å². The summed E-state index contributed by atoms with van der Waals surface area (Å²) in [4.78, 5) is 11.4. The summed E-state index contributed by atoms with van der Waals surface area (Å²) in [6.07, 6.45) is 0. The predicted octanol–water partition coefficient (Wildman–Crippen LogP) is 4.42. The lowest BCUT2D eigenvalue weighted by atomic mass is 10.1. The highest BCUT2D eigenvalue weighted by Crippen LogP contribution is 2.42. The second kappa shape index (κ2) is 7.82. The Morgan fingerprint density at radius 1 is 1.04 bits per heavy atom. The summed E-state index contributed by atoms with van der Waals surface area (Å²) in [6.45, 7) is 3.07. The van der Waals surface area contributed by atoms with E-state index in [2.05, 4.69) is 0 Å². The summed E-state index contributed by atoms with van der Waals surface area (Å²) in [5.74, 6) is 1.78. The van der Waals surface area contributed by atoms with Crippen LogP contribution in [0.15, 0.2) is 40.8 Å². The van der Waals surface area contributed by atoms with Gasteiger partial charge in [0, 0.05) is 17.9 Å². The molecule has 0 radical (unpaired) electrons. The molecule has 0 aliphatic heterocycles. The number of fused-ring (bicyclic) bond motifs is 1. The molecule has 3 aromatic rings. The highest BCUT2D eigenvalue weighted by Gasteiger charge is 2.19. The molecule has 1 unspecified atom stereocenters. The van der Waals surface area contributed by atoms with Crippen molar-refractivity contribution in [2.24, 2.45) is 0 Å². The van der Waals surface area contributed by atoms with Crippen molar-refractivity contribution in [3.8, 4) is 28.6 Å². The average molecular weight is 385 g/mol. The molecular weight excluding hydrogens is 362 g/mol. The van der Waals surface area contributed by atoms with Gasteiger partial charge in [0.2, 0.25) is 11.7 Å². The molecular formula is C21H23NO6. The number of carbonyl (C=O) groups excluding carboxylic acids is 1. The Balaban J connectivity index is 2.04. The molecule has 1 N–H and O–H groups in total. The van der Waals surface area contributed by atoms with Gasteiger partial charge < -0.3 is 18.6 Å². The van der Waals surface area contributed by atoms with Crippen LogP contribution in [0.4, 0.5) is 0 Å². The van der Waals surface area contributed by atoms with Crippen molar-refractivity contribution in [3.63, 3.8) is 0 Å². The van der Waals surface area contributed by atoms with E-state index in [9.17, 15) is 10.0 Å². The van der Waals surface area contributed by atoms with Gasteiger partial charge in [0.05, 0.1) is 27.4 Å². The molecule has 1 atom stereocenters. The Morgan fingerprint density at radius 2 is 1.68 bits per heavy atom. The molecule has 2 aromatic carbocycles. The third kappa shape index (κ3) is 3.48. The molecule has 0 saturated carbocycles.